The minimum Gasteiger partial charge on any atom is -0.492 e. The number of piperidine rings is 1. The summed E-state index contributed by atoms with van der Waals surface area (Å²) in [6, 6.07) is 8.05. The molecule has 0 aliphatic carbocycles. The van der Waals surface area contributed by atoms with Crippen LogP contribution in [0.25, 0.3) is 0 Å². The van der Waals surface area contributed by atoms with Crippen molar-refractivity contribution in [2.24, 2.45) is 16.0 Å². The maximum Gasteiger partial charge on any atom is 0.344 e. The zero-order chi connectivity index (χ0) is 21.3. The first-order chi connectivity index (χ1) is 14.3. The Morgan fingerprint density at radius 1 is 1.37 bits per heavy atom. The monoisotopic (exact) mass is 431 g/mol. The number of carboxylic acid groups (broad SMARTS) is 1. The molecule has 0 saturated carbocycles. The van der Waals surface area contributed by atoms with Gasteiger partial charge in [0.1, 0.15) is 11.6 Å². The Balaban J connectivity index is 1.47. The van der Waals surface area contributed by atoms with Gasteiger partial charge in [0.05, 0.1) is 23.4 Å². The van der Waals surface area contributed by atoms with Crippen molar-refractivity contribution in [2.45, 2.75) is 12.8 Å². The molecule has 0 amide bonds. The van der Waals surface area contributed by atoms with Crippen molar-refractivity contribution in [2.75, 3.05) is 29.3 Å². The Morgan fingerprint density at radius 2 is 2.20 bits per heavy atom. The molecule has 30 heavy (non-hydrogen) atoms. The van der Waals surface area contributed by atoms with E-state index in [-0.39, 0.29) is 17.3 Å². The maximum absolute atomic E-state index is 11.7. The first-order valence-electron chi connectivity index (χ1n) is 9.41. The molecule has 1 saturated heterocycles. The van der Waals surface area contributed by atoms with Gasteiger partial charge in [0.15, 0.2) is 5.84 Å². The Bertz CT molecular complexity index is 1120. The summed E-state index contributed by atoms with van der Waals surface area (Å²) in [6.45, 7) is 1.85. The van der Waals surface area contributed by atoms with E-state index in [1.165, 1.54) is 12.3 Å². The standard InChI is InChI=1S/C19H21N5O5S/c20-18-17-14(22-30(27,28)23-18)4-1-5-15(17)29-11-12-3-2-8-24(10-12)16-9-13(19(25)26)6-7-21-16/h1,4-7,9,12,22H,2-3,8,10-11H2,(H2,20,23)(H,25,26)/t12-/m0/s1. The molecular weight excluding hydrogens is 410 g/mol. The lowest BCUT2D eigenvalue weighted by Gasteiger charge is -2.33. The van der Waals surface area contributed by atoms with Crippen LogP contribution in [0.15, 0.2) is 40.9 Å². The highest BCUT2D eigenvalue weighted by atomic mass is 32.2. The second-order valence-electron chi connectivity index (χ2n) is 7.21. The number of amidine groups is 1. The van der Waals surface area contributed by atoms with Crippen molar-refractivity contribution in [1.29, 1.82) is 0 Å². The van der Waals surface area contributed by atoms with Gasteiger partial charge in [-0.05, 0) is 37.1 Å². The SMILES string of the molecule is NC1=NS(=O)(=O)Nc2cccc(OC[C@H]3CCCN(c4cc(C(=O)O)ccn4)C3)c21. The lowest BCUT2D eigenvalue weighted by molar-refractivity contribution is 0.0696. The average molecular weight is 431 g/mol. The van der Waals surface area contributed by atoms with Crippen LogP contribution in [0.3, 0.4) is 0 Å². The minimum atomic E-state index is -3.84. The molecule has 11 heteroatoms. The molecule has 3 heterocycles. The van der Waals surface area contributed by atoms with E-state index in [1.807, 2.05) is 4.90 Å². The molecular formula is C19H21N5O5S. The highest BCUT2D eigenvalue weighted by Gasteiger charge is 2.26. The van der Waals surface area contributed by atoms with Crippen LogP contribution in [0.4, 0.5) is 11.5 Å². The van der Waals surface area contributed by atoms with E-state index >= 15 is 0 Å². The molecule has 1 atom stereocenters. The molecule has 4 rings (SSSR count). The smallest absolute Gasteiger partial charge is 0.344 e. The third kappa shape index (κ3) is 4.15. The fraction of sp³-hybridized carbons (Fsp3) is 0.316. The number of aromatic nitrogens is 1. The molecule has 158 valence electrons. The zero-order valence-electron chi connectivity index (χ0n) is 16.0. The molecule has 0 bridgehead atoms. The van der Waals surface area contributed by atoms with Crippen molar-refractivity contribution in [3.05, 3.63) is 47.7 Å². The number of aromatic carboxylic acids is 1. The number of nitrogens with two attached hydrogens (primary N) is 1. The van der Waals surface area contributed by atoms with Crippen LogP contribution in [0.5, 0.6) is 5.75 Å². The van der Waals surface area contributed by atoms with Crippen LogP contribution >= 0.6 is 0 Å². The van der Waals surface area contributed by atoms with Crippen LogP contribution in [0, 0.1) is 5.92 Å². The van der Waals surface area contributed by atoms with Crippen LogP contribution < -0.4 is 20.1 Å². The summed E-state index contributed by atoms with van der Waals surface area (Å²) in [4.78, 5) is 17.6. The van der Waals surface area contributed by atoms with E-state index in [2.05, 4.69) is 14.1 Å². The van der Waals surface area contributed by atoms with Gasteiger partial charge >= 0.3 is 16.2 Å². The zero-order valence-corrected chi connectivity index (χ0v) is 16.8. The van der Waals surface area contributed by atoms with Gasteiger partial charge in [-0.25, -0.2) is 9.78 Å². The van der Waals surface area contributed by atoms with Gasteiger partial charge in [0.2, 0.25) is 0 Å². The maximum atomic E-state index is 11.7. The largest absolute Gasteiger partial charge is 0.492 e. The van der Waals surface area contributed by atoms with E-state index in [9.17, 15) is 18.3 Å². The molecule has 10 nitrogen and oxygen atoms in total. The van der Waals surface area contributed by atoms with Gasteiger partial charge in [0, 0.05) is 25.2 Å². The molecule has 2 aromatic rings. The van der Waals surface area contributed by atoms with Gasteiger partial charge in [0.25, 0.3) is 0 Å². The van der Waals surface area contributed by atoms with E-state index in [0.717, 1.165) is 19.4 Å². The van der Waals surface area contributed by atoms with Crippen LogP contribution in [0.1, 0.15) is 28.8 Å². The second kappa shape index (κ2) is 7.82. The molecule has 2 aliphatic rings. The molecule has 0 radical (unpaired) electrons. The summed E-state index contributed by atoms with van der Waals surface area (Å²) in [7, 11) is -3.84. The number of carboxylic acids is 1. The number of anilines is 2. The topological polar surface area (TPSA) is 147 Å². The molecule has 4 N–H and O–H groups in total. The predicted molar refractivity (Wildman–Crippen MR) is 111 cm³/mol. The third-order valence-corrected chi connectivity index (χ3v) is 5.96. The van der Waals surface area contributed by atoms with E-state index < -0.39 is 16.2 Å². The van der Waals surface area contributed by atoms with E-state index in [4.69, 9.17) is 10.5 Å². The fourth-order valence-corrected chi connectivity index (χ4v) is 4.52. The van der Waals surface area contributed by atoms with Gasteiger partial charge in [-0.1, -0.05) is 6.07 Å². The van der Waals surface area contributed by atoms with Gasteiger partial charge in [-0.2, -0.15) is 8.42 Å². The number of fused-ring (bicyclic) bond motifs is 1. The summed E-state index contributed by atoms with van der Waals surface area (Å²) in [5.74, 6) is 0.170. The van der Waals surface area contributed by atoms with Crippen LogP contribution in [-0.4, -0.2) is 50.0 Å². The van der Waals surface area contributed by atoms with Crippen molar-refractivity contribution in [1.82, 2.24) is 4.98 Å². The lowest BCUT2D eigenvalue weighted by atomic mass is 9.98. The summed E-state index contributed by atoms with van der Waals surface area (Å²) >= 11 is 0. The second-order valence-corrected chi connectivity index (χ2v) is 8.54. The van der Waals surface area contributed by atoms with Crippen LogP contribution in [-0.2, 0) is 10.2 Å². The summed E-state index contributed by atoms with van der Waals surface area (Å²) in [6.07, 6.45) is 3.36. The summed E-state index contributed by atoms with van der Waals surface area (Å²) < 4.78 is 35.3. The van der Waals surface area contributed by atoms with E-state index in [1.54, 1.807) is 24.3 Å². The van der Waals surface area contributed by atoms with Gasteiger partial charge < -0.3 is 20.5 Å². The number of hydrogen-bond acceptors (Lipinski definition) is 7. The van der Waals surface area contributed by atoms with Gasteiger partial charge in [-0.15, -0.1) is 4.40 Å². The van der Waals surface area contributed by atoms with Crippen molar-refractivity contribution in [3.8, 4) is 5.75 Å². The predicted octanol–water partition coefficient (Wildman–Crippen LogP) is 1.45. The number of ether oxygens (including phenoxy) is 1. The number of nitrogens with one attached hydrogen (secondary N) is 1. The Kier molecular flexibility index (Phi) is 5.20. The number of benzene rings is 1. The summed E-state index contributed by atoms with van der Waals surface area (Å²) in [5, 5.41) is 9.19. The first kappa shape index (κ1) is 20.0. The number of rotatable bonds is 5. The number of hydrogen-bond donors (Lipinski definition) is 3. The molecule has 2 aliphatic heterocycles. The van der Waals surface area contributed by atoms with Crippen molar-refractivity contribution in [3.63, 3.8) is 0 Å². The Hall–Kier alpha value is -3.34. The molecule has 0 unspecified atom stereocenters. The van der Waals surface area contributed by atoms with Crippen LogP contribution in [0.2, 0.25) is 0 Å². The lowest BCUT2D eigenvalue weighted by Crippen LogP contribution is -2.38. The molecule has 1 aromatic carbocycles. The van der Waals surface area contributed by atoms with Gasteiger partial charge in [-0.3, -0.25) is 4.72 Å². The number of carbonyl (C=O) groups is 1. The average Bonchev–Trinajstić information content (AvgIpc) is 2.71. The fourth-order valence-electron chi connectivity index (χ4n) is 3.68. The first-order valence-corrected chi connectivity index (χ1v) is 10.8. The number of nitrogens with zero attached hydrogens (tertiary/aromatic N) is 3. The molecule has 0 spiro atoms. The quantitative estimate of drug-likeness (QED) is 0.644. The Labute approximate surface area is 173 Å². The Morgan fingerprint density at radius 3 is 3.00 bits per heavy atom. The summed E-state index contributed by atoms with van der Waals surface area (Å²) in [5.41, 5.74) is 6.81. The highest BCUT2D eigenvalue weighted by molar-refractivity contribution is 7.91. The van der Waals surface area contributed by atoms with Crippen molar-refractivity contribution >= 4 is 33.5 Å². The minimum absolute atomic E-state index is 0.112. The van der Waals surface area contributed by atoms with Crippen molar-refractivity contribution < 1.29 is 23.1 Å². The molecule has 1 aromatic heterocycles. The third-order valence-electron chi connectivity index (χ3n) is 5.05. The number of pyridine rings is 1. The van der Waals surface area contributed by atoms with E-state index in [0.29, 0.717) is 36.0 Å². The highest BCUT2D eigenvalue weighted by Crippen LogP contribution is 2.31. The molecule has 1 fully saturated rings. The normalized spacial score (nSPS) is 19.9.